The topological polar surface area (TPSA) is 64.0 Å². The summed E-state index contributed by atoms with van der Waals surface area (Å²) in [4.78, 5) is 4.11. The van der Waals surface area contributed by atoms with Crippen LogP contribution >= 0.6 is 22.6 Å². The standard InChI is InChI=1S/C11H20IN3O2S/c1-5-15-7-11(13-9(15)4)18(16,17)14-10(6-12)8(2)3/h7-8,10,14H,5-6H2,1-4H3. The van der Waals surface area contributed by atoms with Gasteiger partial charge < -0.3 is 4.57 Å². The van der Waals surface area contributed by atoms with Crippen LogP contribution in [0.5, 0.6) is 0 Å². The van der Waals surface area contributed by atoms with E-state index in [2.05, 4.69) is 32.3 Å². The first kappa shape index (κ1) is 15.9. The number of aryl methyl sites for hydroxylation is 2. The van der Waals surface area contributed by atoms with Crippen LogP contribution in [0, 0.1) is 12.8 Å². The van der Waals surface area contributed by atoms with Crippen LogP contribution in [0.25, 0.3) is 0 Å². The molecule has 0 fully saturated rings. The first-order chi connectivity index (χ1) is 8.31. The summed E-state index contributed by atoms with van der Waals surface area (Å²) in [5, 5.41) is 0.109. The fourth-order valence-corrected chi connectivity index (χ4v) is 4.46. The monoisotopic (exact) mass is 385 g/mol. The highest BCUT2D eigenvalue weighted by atomic mass is 127. The fourth-order valence-electron chi connectivity index (χ4n) is 1.53. The molecule has 1 aromatic heterocycles. The minimum Gasteiger partial charge on any atom is -0.334 e. The van der Waals surface area contributed by atoms with Crippen LogP contribution in [0.3, 0.4) is 0 Å². The van der Waals surface area contributed by atoms with Gasteiger partial charge in [-0.15, -0.1) is 0 Å². The second-order valence-electron chi connectivity index (χ2n) is 4.54. The number of hydrogen-bond donors (Lipinski definition) is 1. The number of nitrogens with one attached hydrogen (secondary N) is 1. The van der Waals surface area contributed by atoms with Crippen LogP contribution in [0.1, 0.15) is 26.6 Å². The number of imidazole rings is 1. The number of halogens is 1. The van der Waals surface area contributed by atoms with E-state index in [9.17, 15) is 8.42 Å². The van der Waals surface area contributed by atoms with Crippen molar-refractivity contribution in [2.45, 2.75) is 45.3 Å². The van der Waals surface area contributed by atoms with Gasteiger partial charge in [0.2, 0.25) is 0 Å². The van der Waals surface area contributed by atoms with Gasteiger partial charge in [0.15, 0.2) is 5.03 Å². The van der Waals surface area contributed by atoms with Crippen molar-refractivity contribution in [1.29, 1.82) is 0 Å². The van der Waals surface area contributed by atoms with E-state index in [-0.39, 0.29) is 17.0 Å². The van der Waals surface area contributed by atoms with Gasteiger partial charge in [-0.1, -0.05) is 36.4 Å². The number of aromatic nitrogens is 2. The average Bonchev–Trinajstić information content (AvgIpc) is 2.68. The van der Waals surface area contributed by atoms with Gasteiger partial charge in [-0.25, -0.2) is 18.1 Å². The van der Waals surface area contributed by atoms with E-state index >= 15 is 0 Å². The average molecular weight is 385 g/mol. The molecule has 1 rings (SSSR count). The Morgan fingerprint density at radius 1 is 1.50 bits per heavy atom. The van der Waals surface area contributed by atoms with E-state index in [1.807, 2.05) is 25.3 Å². The number of alkyl halides is 1. The van der Waals surface area contributed by atoms with Crippen LogP contribution < -0.4 is 4.72 Å². The third-order valence-electron chi connectivity index (χ3n) is 2.85. The molecule has 18 heavy (non-hydrogen) atoms. The van der Waals surface area contributed by atoms with Gasteiger partial charge in [0.05, 0.1) is 0 Å². The molecule has 1 aromatic rings. The second-order valence-corrected chi connectivity index (χ2v) is 7.08. The summed E-state index contributed by atoms with van der Waals surface area (Å²) >= 11 is 2.19. The van der Waals surface area contributed by atoms with E-state index < -0.39 is 10.0 Å². The van der Waals surface area contributed by atoms with Crippen molar-refractivity contribution in [3.63, 3.8) is 0 Å². The Kier molecular flexibility index (Phi) is 5.60. The fraction of sp³-hybridized carbons (Fsp3) is 0.727. The van der Waals surface area contributed by atoms with Crippen LogP contribution in [0.15, 0.2) is 11.2 Å². The summed E-state index contributed by atoms with van der Waals surface area (Å²) in [6.07, 6.45) is 1.59. The van der Waals surface area contributed by atoms with E-state index in [4.69, 9.17) is 0 Å². The Morgan fingerprint density at radius 3 is 2.50 bits per heavy atom. The highest BCUT2D eigenvalue weighted by Crippen LogP contribution is 2.13. The van der Waals surface area contributed by atoms with Gasteiger partial charge in [0, 0.05) is 23.2 Å². The van der Waals surface area contributed by atoms with Gasteiger partial charge in [0.1, 0.15) is 5.82 Å². The Balaban J connectivity index is 2.98. The number of nitrogens with zero attached hydrogens (tertiary/aromatic N) is 2. The minimum atomic E-state index is -3.52. The highest BCUT2D eigenvalue weighted by Gasteiger charge is 2.24. The van der Waals surface area contributed by atoms with Gasteiger partial charge in [0.25, 0.3) is 10.0 Å². The molecule has 0 aliphatic heterocycles. The Bertz CT molecular complexity index is 496. The van der Waals surface area contributed by atoms with Crippen molar-refractivity contribution < 1.29 is 8.42 Å². The molecule has 0 aliphatic carbocycles. The zero-order chi connectivity index (χ0) is 13.9. The molecule has 5 nitrogen and oxygen atoms in total. The molecule has 7 heteroatoms. The van der Waals surface area contributed by atoms with Gasteiger partial charge in [-0.2, -0.15) is 0 Å². The minimum absolute atomic E-state index is 0.0670. The molecule has 0 radical (unpaired) electrons. The lowest BCUT2D eigenvalue weighted by atomic mass is 10.1. The maximum Gasteiger partial charge on any atom is 0.259 e. The van der Waals surface area contributed by atoms with Crippen molar-refractivity contribution in [3.8, 4) is 0 Å². The van der Waals surface area contributed by atoms with Gasteiger partial charge in [-0.05, 0) is 19.8 Å². The van der Waals surface area contributed by atoms with Crippen molar-refractivity contribution in [1.82, 2.24) is 14.3 Å². The lowest BCUT2D eigenvalue weighted by Crippen LogP contribution is -2.39. The molecule has 0 amide bonds. The summed E-state index contributed by atoms with van der Waals surface area (Å²) in [6, 6.07) is -0.0670. The Labute approximate surface area is 123 Å². The predicted octanol–water partition coefficient (Wildman–Crippen LogP) is 1.95. The quantitative estimate of drug-likeness (QED) is 0.602. The van der Waals surface area contributed by atoms with E-state index in [0.717, 1.165) is 4.43 Å². The van der Waals surface area contributed by atoms with Crippen molar-refractivity contribution in [3.05, 3.63) is 12.0 Å². The molecule has 104 valence electrons. The van der Waals surface area contributed by atoms with Crippen molar-refractivity contribution in [2.24, 2.45) is 5.92 Å². The summed E-state index contributed by atoms with van der Waals surface area (Å²) in [5.74, 6) is 0.972. The summed E-state index contributed by atoms with van der Waals surface area (Å²) < 4.78 is 29.7. The first-order valence-corrected chi connectivity index (χ1v) is 8.94. The molecular formula is C11H20IN3O2S. The summed E-state index contributed by atoms with van der Waals surface area (Å²) in [6.45, 7) is 8.48. The first-order valence-electron chi connectivity index (χ1n) is 5.93. The van der Waals surface area contributed by atoms with Gasteiger partial charge in [-0.3, -0.25) is 0 Å². The number of hydrogen-bond acceptors (Lipinski definition) is 3. The zero-order valence-electron chi connectivity index (χ0n) is 11.1. The normalized spacial score (nSPS) is 14.1. The number of rotatable bonds is 6. The molecule has 0 spiro atoms. The molecule has 0 bridgehead atoms. The molecule has 1 heterocycles. The molecule has 1 unspecified atom stereocenters. The highest BCUT2D eigenvalue weighted by molar-refractivity contribution is 14.1. The Hall–Kier alpha value is -0.150. The third-order valence-corrected chi connectivity index (χ3v) is 5.16. The summed E-state index contributed by atoms with van der Waals surface area (Å²) in [5.41, 5.74) is 0. The van der Waals surface area contributed by atoms with Crippen LogP contribution in [0.2, 0.25) is 0 Å². The lowest BCUT2D eigenvalue weighted by molar-refractivity contribution is 0.485. The second kappa shape index (κ2) is 6.33. The molecule has 1 atom stereocenters. The van der Waals surface area contributed by atoms with Crippen LogP contribution in [-0.4, -0.2) is 28.4 Å². The smallest absolute Gasteiger partial charge is 0.259 e. The van der Waals surface area contributed by atoms with Crippen LogP contribution in [-0.2, 0) is 16.6 Å². The van der Waals surface area contributed by atoms with E-state index in [1.54, 1.807) is 13.1 Å². The maximum absolute atomic E-state index is 12.2. The van der Waals surface area contributed by atoms with Crippen molar-refractivity contribution in [2.75, 3.05) is 4.43 Å². The van der Waals surface area contributed by atoms with Crippen molar-refractivity contribution >= 4 is 32.6 Å². The van der Waals surface area contributed by atoms with Crippen LogP contribution in [0.4, 0.5) is 0 Å². The molecule has 1 N–H and O–H groups in total. The maximum atomic E-state index is 12.2. The Morgan fingerprint density at radius 2 is 2.11 bits per heavy atom. The largest absolute Gasteiger partial charge is 0.334 e. The van der Waals surface area contributed by atoms with E-state index in [1.165, 1.54) is 0 Å². The van der Waals surface area contributed by atoms with E-state index in [0.29, 0.717) is 12.4 Å². The lowest BCUT2D eigenvalue weighted by Gasteiger charge is -2.18. The molecule has 0 aromatic carbocycles. The SMILES string of the molecule is CCn1cc(S(=O)(=O)NC(CI)C(C)C)nc1C. The number of sulfonamides is 1. The molecular weight excluding hydrogens is 365 g/mol. The summed E-state index contributed by atoms with van der Waals surface area (Å²) in [7, 11) is -3.52. The molecule has 0 aliphatic rings. The zero-order valence-corrected chi connectivity index (χ0v) is 14.1. The molecule has 0 saturated carbocycles. The molecule has 0 saturated heterocycles. The third kappa shape index (κ3) is 3.67. The predicted molar refractivity (Wildman–Crippen MR) is 80.5 cm³/mol. The van der Waals surface area contributed by atoms with Gasteiger partial charge >= 0.3 is 0 Å².